The highest BCUT2D eigenvalue weighted by Crippen LogP contribution is 2.25. The average Bonchev–Trinajstić information content (AvgIpc) is 2.47. The van der Waals surface area contributed by atoms with Crippen molar-refractivity contribution in [2.45, 2.75) is 0 Å². The molecule has 0 spiro atoms. The molecular formula is C12H9ClN4O4. The monoisotopic (exact) mass is 308 g/mol. The molecule has 1 N–H and O–H groups in total. The number of hydrogen-bond acceptors (Lipinski definition) is 7. The summed E-state index contributed by atoms with van der Waals surface area (Å²) in [6, 6.07) is 6.16. The minimum atomic E-state index is -0.624. The van der Waals surface area contributed by atoms with Crippen molar-refractivity contribution in [1.29, 1.82) is 0 Å². The fourth-order valence-corrected chi connectivity index (χ4v) is 1.66. The third-order valence-corrected chi connectivity index (χ3v) is 2.69. The number of nitro groups is 1. The van der Waals surface area contributed by atoms with E-state index in [9.17, 15) is 14.9 Å². The van der Waals surface area contributed by atoms with Crippen LogP contribution in [0.2, 0.25) is 5.28 Å². The smallest absolute Gasteiger partial charge is 0.337 e. The number of esters is 1. The van der Waals surface area contributed by atoms with Crippen molar-refractivity contribution in [2.75, 3.05) is 12.4 Å². The van der Waals surface area contributed by atoms with E-state index in [-0.39, 0.29) is 16.8 Å². The topological polar surface area (TPSA) is 107 Å². The van der Waals surface area contributed by atoms with E-state index in [1.54, 1.807) is 12.1 Å². The number of carbonyl (C=O) groups is 1. The van der Waals surface area contributed by atoms with Gasteiger partial charge in [-0.1, -0.05) is 0 Å². The Bertz CT molecular complexity index is 690. The Morgan fingerprint density at radius 2 is 2.05 bits per heavy atom. The second-order valence-electron chi connectivity index (χ2n) is 3.82. The van der Waals surface area contributed by atoms with Gasteiger partial charge >= 0.3 is 11.7 Å². The second kappa shape index (κ2) is 6.14. The number of nitrogens with one attached hydrogen (secondary N) is 1. The van der Waals surface area contributed by atoms with Crippen LogP contribution >= 0.6 is 11.6 Å². The van der Waals surface area contributed by atoms with Gasteiger partial charge in [-0.15, -0.1) is 0 Å². The summed E-state index contributed by atoms with van der Waals surface area (Å²) in [4.78, 5) is 28.9. The minimum Gasteiger partial charge on any atom is -0.465 e. The fourth-order valence-electron chi connectivity index (χ4n) is 1.52. The van der Waals surface area contributed by atoms with E-state index in [0.29, 0.717) is 11.3 Å². The number of halogens is 1. The SMILES string of the molecule is COC(=O)c1ccc(Nc2nc(Cl)ncc2[N+](=O)[O-])cc1. The van der Waals surface area contributed by atoms with Gasteiger partial charge < -0.3 is 10.1 Å². The molecule has 0 unspecified atom stereocenters. The fraction of sp³-hybridized carbons (Fsp3) is 0.0833. The van der Waals surface area contributed by atoms with Gasteiger partial charge in [0.1, 0.15) is 6.20 Å². The molecule has 0 aliphatic carbocycles. The standard InChI is InChI=1S/C12H9ClN4O4/c1-21-11(18)7-2-4-8(5-3-7)15-10-9(17(19)20)6-14-12(13)16-10/h2-6H,1H3,(H,14,15,16). The van der Waals surface area contributed by atoms with Gasteiger partial charge in [0.25, 0.3) is 0 Å². The lowest BCUT2D eigenvalue weighted by Gasteiger charge is -2.06. The Labute approximate surface area is 123 Å². The van der Waals surface area contributed by atoms with Crippen LogP contribution < -0.4 is 5.32 Å². The predicted molar refractivity (Wildman–Crippen MR) is 74.8 cm³/mol. The molecule has 2 rings (SSSR count). The lowest BCUT2D eigenvalue weighted by molar-refractivity contribution is -0.384. The number of nitrogens with zero attached hydrogens (tertiary/aromatic N) is 3. The first kappa shape index (κ1) is 14.7. The first-order valence-corrected chi connectivity index (χ1v) is 6.01. The maximum atomic E-state index is 11.3. The normalized spacial score (nSPS) is 10.0. The molecule has 1 aromatic carbocycles. The number of rotatable bonds is 4. The third-order valence-electron chi connectivity index (χ3n) is 2.51. The van der Waals surface area contributed by atoms with Crippen LogP contribution in [-0.2, 0) is 4.74 Å². The van der Waals surface area contributed by atoms with Gasteiger partial charge in [-0.3, -0.25) is 10.1 Å². The summed E-state index contributed by atoms with van der Waals surface area (Å²) in [5.74, 6) is -0.511. The van der Waals surface area contributed by atoms with Gasteiger partial charge in [0.05, 0.1) is 17.6 Å². The van der Waals surface area contributed by atoms with Crippen molar-refractivity contribution in [3.63, 3.8) is 0 Å². The van der Waals surface area contributed by atoms with E-state index in [1.807, 2.05) is 0 Å². The molecule has 0 amide bonds. The van der Waals surface area contributed by atoms with E-state index in [0.717, 1.165) is 6.20 Å². The van der Waals surface area contributed by atoms with Crippen LogP contribution in [-0.4, -0.2) is 28.0 Å². The van der Waals surface area contributed by atoms with Crippen LogP contribution in [0, 0.1) is 10.1 Å². The molecule has 0 aliphatic rings. The Kier molecular flexibility index (Phi) is 4.29. The summed E-state index contributed by atoms with van der Waals surface area (Å²) in [5, 5.41) is 13.5. The lowest BCUT2D eigenvalue weighted by Crippen LogP contribution is -2.03. The van der Waals surface area contributed by atoms with Crippen molar-refractivity contribution in [3.8, 4) is 0 Å². The van der Waals surface area contributed by atoms with E-state index < -0.39 is 10.9 Å². The first-order chi connectivity index (χ1) is 10.0. The highest BCUT2D eigenvalue weighted by Gasteiger charge is 2.17. The number of methoxy groups -OCH3 is 1. The van der Waals surface area contributed by atoms with Crippen LogP contribution in [0.25, 0.3) is 0 Å². The highest BCUT2D eigenvalue weighted by molar-refractivity contribution is 6.28. The van der Waals surface area contributed by atoms with Gasteiger partial charge in [-0.25, -0.2) is 9.78 Å². The van der Waals surface area contributed by atoms with Crippen LogP contribution in [0.4, 0.5) is 17.2 Å². The Hall–Kier alpha value is -2.74. The zero-order valence-corrected chi connectivity index (χ0v) is 11.5. The zero-order valence-electron chi connectivity index (χ0n) is 10.7. The average molecular weight is 309 g/mol. The largest absolute Gasteiger partial charge is 0.465 e. The lowest BCUT2D eigenvalue weighted by atomic mass is 10.2. The number of ether oxygens (including phenoxy) is 1. The molecule has 0 bridgehead atoms. The molecule has 0 fully saturated rings. The molecular weight excluding hydrogens is 300 g/mol. The van der Waals surface area contributed by atoms with Crippen LogP contribution in [0.15, 0.2) is 30.5 Å². The Balaban J connectivity index is 2.28. The van der Waals surface area contributed by atoms with Crippen molar-refractivity contribution < 1.29 is 14.5 Å². The van der Waals surface area contributed by atoms with Gasteiger partial charge in [0.15, 0.2) is 0 Å². The summed E-state index contributed by atoms with van der Waals surface area (Å²) in [6.07, 6.45) is 1.01. The van der Waals surface area contributed by atoms with E-state index in [1.165, 1.54) is 19.2 Å². The summed E-state index contributed by atoms with van der Waals surface area (Å²) in [5.41, 5.74) is 0.551. The second-order valence-corrected chi connectivity index (χ2v) is 4.16. The van der Waals surface area contributed by atoms with Crippen LogP contribution in [0.3, 0.4) is 0 Å². The van der Waals surface area contributed by atoms with Gasteiger partial charge in [0, 0.05) is 5.69 Å². The third kappa shape index (κ3) is 3.42. The molecule has 2 aromatic rings. The summed E-state index contributed by atoms with van der Waals surface area (Å²) < 4.78 is 4.57. The number of carbonyl (C=O) groups excluding carboxylic acids is 1. The Morgan fingerprint density at radius 1 is 1.38 bits per heavy atom. The molecule has 0 radical (unpaired) electrons. The van der Waals surface area contributed by atoms with E-state index in [2.05, 4.69) is 20.0 Å². The number of aromatic nitrogens is 2. The Morgan fingerprint density at radius 3 is 2.62 bits per heavy atom. The minimum absolute atomic E-state index is 0.0363. The van der Waals surface area contributed by atoms with E-state index >= 15 is 0 Å². The van der Waals surface area contributed by atoms with Crippen molar-refractivity contribution in [1.82, 2.24) is 9.97 Å². The summed E-state index contributed by atoms with van der Waals surface area (Å²) >= 11 is 5.63. The molecule has 108 valence electrons. The summed E-state index contributed by atoms with van der Waals surface area (Å²) in [7, 11) is 1.28. The molecule has 0 saturated carbocycles. The maximum absolute atomic E-state index is 11.3. The predicted octanol–water partition coefficient (Wildman–Crippen LogP) is 2.57. The van der Waals surface area contributed by atoms with Crippen LogP contribution in [0.1, 0.15) is 10.4 Å². The highest BCUT2D eigenvalue weighted by atomic mass is 35.5. The van der Waals surface area contributed by atoms with Gasteiger partial charge in [-0.2, -0.15) is 4.98 Å². The zero-order chi connectivity index (χ0) is 15.4. The molecule has 1 aromatic heterocycles. The molecule has 9 heteroatoms. The number of hydrogen-bond donors (Lipinski definition) is 1. The number of anilines is 2. The van der Waals surface area contributed by atoms with Crippen molar-refractivity contribution >= 4 is 34.8 Å². The number of benzene rings is 1. The molecule has 21 heavy (non-hydrogen) atoms. The van der Waals surface area contributed by atoms with Gasteiger partial charge in [-0.05, 0) is 35.9 Å². The molecule has 0 aliphatic heterocycles. The van der Waals surface area contributed by atoms with Crippen molar-refractivity contribution in [2.24, 2.45) is 0 Å². The van der Waals surface area contributed by atoms with Gasteiger partial charge in [0.2, 0.25) is 11.1 Å². The van der Waals surface area contributed by atoms with Crippen LogP contribution in [0.5, 0.6) is 0 Å². The quantitative estimate of drug-likeness (QED) is 0.400. The molecule has 1 heterocycles. The molecule has 0 atom stereocenters. The summed E-state index contributed by atoms with van der Waals surface area (Å²) in [6.45, 7) is 0. The maximum Gasteiger partial charge on any atom is 0.337 e. The van der Waals surface area contributed by atoms with Crippen molar-refractivity contribution in [3.05, 3.63) is 51.4 Å². The first-order valence-electron chi connectivity index (χ1n) is 5.63. The molecule has 0 saturated heterocycles. The van der Waals surface area contributed by atoms with E-state index in [4.69, 9.17) is 11.6 Å². The molecule has 8 nitrogen and oxygen atoms in total.